The van der Waals surface area contributed by atoms with E-state index in [9.17, 15) is 15.2 Å². The number of aromatic hydroxyl groups is 1. The number of nitrogens with one attached hydrogen (secondary N) is 1. The van der Waals surface area contributed by atoms with Crippen LogP contribution in [0.4, 0.5) is 5.69 Å². The first-order valence-electron chi connectivity index (χ1n) is 7.56. The number of nitro benzene ring substituents is 1. The van der Waals surface area contributed by atoms with Gasteiger partial charge in [-0.15, -0.1) is 0 Å². The van der Waals surface area contributed by atoms with Gasteiger partial charge in [0.2, 0.25) is 0 Å². The number of para-hydroxylation sites is 1. The van der Waals surface area contributed by atoms with Crippen molar-refractivity contribution in [2.45, 2.75) is 25.4 Å². The summed E-state index contributed by atoms with van der Waals surface area (Å²) in [5, 5.41) is 24.2. The van der Waals surface area contributed by atoms with Crippen LogP contribution in [-0.2, 0) is 6.54 Å². The predicted octanol–water partition coefficient (Wildman–Crippen LogP) is 3.30. The SMILES string of the molecule is O=[N+]([O-])c1ccc(O)c(CNC2CCCOc3ccccc32)c1. The number of nitro groups is 1. The Bertz CT molecular complexity index is 717. The largest absolute Gasteiger partial charge is 0.508 e. The maximum absolute atomic E-state index is 10.9. The summed E-state index contributed by atoms with van der Waals surface area (Å²) in [6.07, 6.45) is 1.83. The van der Waals surface area contributed by atoms with Crippen LogP contribution >= 0.6 is 0 Å². The molecule has 0 bridgehead atoms. The maximum atomic E-state index is 10.9. The predicted molar refractivity (Wildman–Crippen MR) is 85.5 cm³/mol. The lowest BCUT2D eigenvalue weighted by molar-refractivity contribution is -0.384. The molecule has 0 amide bonds. The molecule has 0 spiro atoms. The fraction of sp³-hybridized carbons (Fsp3) is 0.294. The first kappa shape index (κ1) is 15.3. The van der Waals surface area contributed by atoms with Crippen molar-refractivity contribution in [1.82, 2.24) is 5.32 Å². The Kier molecular flexibility index (Phi) is 4.43. The molecule has 3 rings (SSSR count). The van der Waals surface area contributed by atoms with Gasteiger partial charge in [0.15, 0.2) is 0 Å². The van der Waals surface area contributed by atoms with Crippen LogP contribution in [0.25, 0.3) is 0 Å². The fourth-order valence-corrected chi connectivity index (χ4v) is 2.80. The molecule has 0 saturated heterocycles. The number of benzene rings is 2. The van der Waals surface area contributed by atoms with Crippen molar-refractivity contribution in [2.24, 2.45) is 0 Å². The smallest absolute Gasteiger partial charge is 0.270 e. The Labute approximate surface area is 133 Å². The summed E-state index contributed by atoms with van der Waals surface area (Å²) in [7, 11) is 0. The van der Waals surface area contributed by atoms with Crippen molar-refractivity contribution in [3.05, 3.63) is 63.7 Å². The lowest BCUT2D eigenvalue weighted by atomic mass is 10.0. The van der Waals surface area contributed by atoms with Crippen LogP contribution in [-0.4, -0.2) is 16.6 Å². The zero-order valence-corrected chi connectivity index (χ0v) is 12.6. The molecular formula is C17H18N2O4. The van der Waals surface area contributed by atoms with Crippen molar-refractivity contribution < 1.29 is 14.8 Å². The van der Waals surface area contributed by atoms with E-state index in [1.807, 2.05) is 24.3 Å². The van der Waals surface area contributed by atoms with Gasteiger partial charge >= 0.3 is 0 Å². The lowest BCUT2D eigenvalue weighted by Gasteiger charge is -2.18. The van der Waals surface area contributed by atoms with Crippen LogP contribution in [0.5, 0.6) is 11.5 Å². The second kappa shape index (κ2) is 6.66. The highest BCUT2D eigenvalue weighted by Crippen LogP contribution is 2.32. The Balaban J connectivity index is 1.78. The van der Waals surface area contributed by atoms with Crippen LogP contribution < -0.4 is 10.1 Å². The van der Waals surface area contributed by atoms with Crippen LogP contribution in [0.3, 0.4) is 0 Å². The standard InChI is InChI=1S/C17H18N2O4/c20-16-8-7-13(19(21)22)10-12(16)11-18-15-5-3-9-23-17-6-2-1-4-14(15)17/h1-2,4,6-8,10,15,18,20H,3,5,9,11H2. The molecule has 1 atom stereocenters. The Morgan fingerprint density at radius 3 is 2.96 bits per heavy atom. The van der Waals surface area contributed by atoms with Gasteiger partial charge < -0.3 is 15.2 Å². The molecule has 6 heteroatoms. The lowest BCUT2D eigenvalue weighted by Crippen LogP contribution is -2.20. The highest BCUT2D eigenvalue weighted by atomic mass is 16.6. The van der Waals surface area contributed by atoms with Gasteiger partial charge in [0, 0.05) is 35.8 Å². The van der Waals surface area contributed by atoms with Crippen molar-refractivity contribution in [2.75, 3.05) is 6.61 Å². The van der Waals surface area contributed by atoms with Gasteiger partial charge in [-0.1, -0.05) is 18.2 Å². The number of rotatable bonds is 4. The molecule has 0 saturated carbocycles. The fourth-order valence-electron chi connectivity index (χ4n) is 2.80. The third-order valence-corrected chi connectivity index (χ3v) is 4.00. The highest BCUT2D eigenvalue weighted by molar-refractivity contribution is 5.43. The molecule has 1 aliphatic heterocycles. The van der Waals surface area contributed by atoms with Gasteiger partial charge in [-0.3, -0.25) is 10.1 Å². The number of phenols is 1. The topological polar surface area (TPSA) is 84.6 Å². The number of non-ortho nitro benzene ring substituents is 1. The van der Waals surface area contributed by atoms with Gasteiger partial charge in [0.1, 0.15) is 11.5 Å². The van der Waals surface area contributed by atoms with Gasteiger partial charge in [0.05, 0.1) is 11.5 Å². The van der Waals surface area contributed by atoms with E-state index in [-0.39, 0.29) is 17.5 Å². The zero-order valence-electron chi connectivity index (χ0n) is 12.6. The number of fused-ring (bicyclic) bond motifs is 1. The van der Waals surface area contributed by atoms with Crippen molar-refractivity contribution in [1.29, 1.82) is 0 Å². The molecule has 0 radical (unpaired) electrons. The Hall–Kier alpha value is -2.60. The minimum atomic E-state index is -0.461. The molecular weight excluding hydrogens is 296 g/mol. The van der Waals surface area contributed by atoms with Crippen LogP contribution in [0.1, 0.15) is 30.0 Å². The minimum Gasteiger partial charge on any atom is -0.508 e. The van der Waals surface area contributed by atoms with E-state index in [1.165, 1.54) is 18.2 Å². The first-order valence-corrected chi connectivity index (χ1v) is 7.56. The normalized spacial score (nSPS) is 17.0. The third kappa shape index (κ3) is 3.43. The van der Waals surface area contributed by atoms with Gasteiger partial charge in [-0.05, 0) is 25.0 Å². The number of hydrogen-bond acceptors (Lipinski definition) is 5. The quantitative estimate of drug-likeness (QED) is 0.668. The molecule has 0 aliphatic carbocycles. The van der Waals surface area contributed by atoms with E-state index < -0.39 is 4.92 Å². The number of ether oxygens (including phenoxy) is 1. The second-order valence-corrected chi connectivity index (χ2v) is 5.53. The van der Waals surface area contributed by atoms with Gasteiger partial charge in [-0.2, -0.15) is 0 Å². The summed E-state index contributed by atoms with van der Waals surface area (Å²) in [5.74, 6) is 0.923. The van der Waals surface area contributed by atoms with E-state index >= 15 is 0 Å². The van der Waals surface area contributed by atoms with Gasteiger partial charge in [-0.25, -0.2) is 0 Å². The van der Waals surface area contributed by atoms with Crippen molar-refractivity contribution >= 4 is 5.69 Å². The number of phenolic OH excluding ortho intramolecular Hbond substituents is 1. The molecule has 2 aromatic rings. The molecule has 1 unspecified atom stereocenters. The second-order valence-electron chi connectivity index (χ2n) is 5.53. The molecule has 120 valence electrons. The number of nitrogens with zero attached hydrogens (tertiary/aromatic N) is 1. The van der Waals surface area contributed by atoms with E-state index in [4.69, 9.17) is 4.74 Å². The Morgan fingerprint density at radius 2 is 2.13 bits per heavy atom. The van der Waals surface area contributed by atoms with E-state index in [1.54, 1.807) is 0 Å². The molecule has 1 heterocycles. The summed E-state index contributed by atoms with van der Waals surface area (Å²) in [4.78, 5) is 10.4. The van der Waals surface area contributed by atoms with E-state index in [0.717, 1.165) is 24.2 Å². The molecule has 6 nitrogen and oxygen atoms in total. The van der Waals surface area contributed by atoms with Crippen molar-refractivity contribution in [3.8, 4) is 11.5 Å². The summed E-state index contributed by atoms with van der Waals surface area (Å²) >= 11 is 0. The summed E-state index contributed by atoms with van der Waals surface area (Å²) in [5.41, 5.74) is 1.57. The molecule has 0 aromatic heterocycles. The monoisotopic (exact) mass is 314 g/mol. The van der Waals surface area contributed by atoms with Crippen LogP contribution in [0.15, 0.2) is 42.5 Å². The summed E-state index contributed by atoms with van der Waals surface area (Å²) in [6.45, 7) is 1.03. The number of hydrogen-bond donors (Lipinski definition) is 2. The molecule has 23 heavy (non-hydrogen) atoms. The van der Waals surface area contributed by atoms with Crippen LogP contribution in [0.2, 0.25) is 0 Å². The average Bonchev–Trinajstić information content (AvgIpc) is 2.76. The summed E-state index contributed by atoms with van der Waals surface area (Å²) in [6, 6.07) is 12.0. The third-order valence-electron chi connectivity index (χ3n) is 4.00. The van der Waals surface area contributed by atoms with E-state index in [0.29, 0.717) is 18.7 Å². The molecule has 2 aromatic carbocycles. The average molecular weight is 314 g/mol. The van der Waals surface area contributed by atoms with Crippen LogP contribution in [0, 0.1) is 10.1 Å². The maximum Gasteiger partial charge on any atom is 0.270 e. The van der Waals surface area contributed by atoms with E-state index in [2.05, 4.69) is 5.32 Å². The molecule has 2 N–H and O–H groups in total. The zero-order chi connectivity index (χ0) is 16.2. The highest BCUT2D eigenvalue weighted by Gasteiger charge is 2.19. The molecule has 0 fully saturated rings. The Morgan fingerprint density at radius 1 is 1.30 bits per heavy atom. The first-order chi connectivity index (χ1) is 11.1. The van der Waals surface area contributed by atoms with Gasteiger partial charge in [0.25, 0.3) is 5.69 Å². The molecule has 1 aliphatic rings. The summed E-state index contributed by atoms with van der Waals surface area (Å²) < 4.78 is 5.73. The minimum absolute atomic E-state index is 0.0239. The van der Waals surface area contributed by atoms with Crippen molar-refractivity contribution in [3.63, 3.8) is 0 Å².